The van der Waals surface area contributed by atoms with E-state index in [0.29, 0.717) is 21.5 Å². The van der Waals surface area contributed by atoms with Crippen LogP contribution in [0.3, 0.4) is 0 Å². The van der Waals surface area contributed by atoms with Gasteiger partial charge in [-0.15, -0.1) is 5.10 Å². The zero-order valence-electron chi connectivity index (χ0n) is 11.3. The highest BCUT2D eigenvalue weighted by Crippen LogP contribution is 2.10. The number of hydrogen-bond donors (Lipinski definition) is 0. The number of aromatic nitrogens is 3. The molecule has 0 saturated heterocycles. The average Bonchev–Trinajstić information content (AvgIpc) is 2.55. The number of carbonyl (C=O) groups is 1. The molecule has 0 radical (unpaired) electrons. The van der Waals surface area contributed by atoms with Crippen molar-refractivity contribution >= 4 is 28.5 Å². The van der Waals surface area contributed by atoms with E-state index >= 15 is 0 Å². The molecule has 0 aliphatic rings. The molecule has 3 aromatic rings. The van der Waals surface area contributed by atoms with Crippen molar-refractivity contribution in [1.29, 1.82) is 0 Å². The van der Waals surface area contributed by atoms with E-state index in [1.165, 1.54) is 0 Å². The van der Waals surface area contributed by atoms with E-state index in [1.807, 2.05) is 0 Å². The Bertz CT molecular complexity index is 890. The number of esters is 1. The van der Waals surface area contributed by atoms with Gasteiger partial charge in [0.05, 0.1) is 10.9 Å². The molecule has 1 heterocycles. The molecule has 0 atom stereocenters. The third kappa shape index (κ3) is 2.82. The molecule has 6 nitrogen and oxygen atoms in total. The van der Waals surface area contributed by atoms with Gasteiger partial charge in [-0.1, -0.05) is 28.9 Å². The number of carbonyl (C=O) groups excluding carboxylic acids is 1. The second kappa shape index (κ2) is 5.95. The van der Waals surface area contributed by atoms with Crippen LogP contribution in [0.15, 0.2) is 53.3 Å². The minimum absolute atomic E-state index is 0.307. The SMILES string of the molecule is O=C(OCn1nnc2ccccc2c1=O)c1ccc(Cl)cc1. The van der Waals surface area contributed by atoms with Crippen LogP contribution in [0, 0.1) is 0 Å². The Morgan fingerprint density at radius 1 is 1.14 bits per heavy atom. The first kappa shape index (κ1) is 14.2. The summed E-state index contributed by atoms with van der Waals surface area (Å²) in [5, 5.41) is 8.59. The quantitative estimate of drug-likeness (QED) is 0.693. The van der Waals surface area contributed by atoms with Crippen molar-refractivity contribution in [2.45, 2.75) is 6.73 Å². The van der Waals surface area contributed by atoms with E-state index < -0.39 is 5.97 Å². The molecular formula is C15H10ClN3O3. The lowest BCUT2D eigenvalue weighted by Crippen LogP contribution is -2.26. The van der Waals surface area contributed by atoms with Gasteiger partial charge in [-0.2, -0.15) is 4.68 Å². The van der Waals surface area contributed by atoms with E-state index in [9.17, 15) is 9.59 Å². The van der Waals surface area contributed by atoms with Crippen molar-refractivity contribution in [3.63, 3.8) is 0 Å². The summed E-state index contributed by atoms with van der Waals surface area (Å²) in [4.78, 5) is 24.0. The molecule has 0 amide bonds. The maximum absolute atomic E-state index is 12.2. The monoisotopic (exact) mass is 315 g/mol. The molecule has 2 aromatic carbocycles. The van der Waals surface area contributed by atoms with Gasteiger partial charge in [0.2, 0.25) is 0 Å². The Morgan fingerprint density at radius 3 is 2.64 bits per heavy atom. The average molecular weight is 316 g/mol. The van der Waals surface area contributed by atoms with Crippen molar-refractivity contribution in [1.82, 2.24) is 15.0 Å². The first-order chi connectivity index (χ1) is 10.6. The standard InChI is InChI=1S/C15H10ClN3O3/c16-11-7-5-10(6-8-11)15(21)22-9-19-14(20)12-3-1-2-4-13(12)17-18-19/h1-8H,9H2. The van der Waals surface area contributed by atoms with Crippen LogP contribution >= 0.6 is 11.6 Å². The Balaban J connectivity index is 1.79. The molecule has 1 aromatic heterocycles. The van der Waals surface area contributed by atoms with Crippen LogP contribution in [0.2, 0.25) is 5.02 Å². The van der Waals surface area contributed by atoms with Gasteiger partial charge in [-0.3, -0.25) is 4.79 Å². The fourth-order valence-corrected chi connectivity index (χ4v) is 2.02. The molecule has 22 heavy (non-hydrogen) atoms. The van der Waals surface area contributed by atoms with Gasteiger partial charge in [0, 0.05) is 5.02 Å². The highest BCUT2D eigenvalue weighted by Gasteiger charge is 2.09. The number of rotatable bonds is 3. The molecule has 110 valence electrons. The van der Waals surface area contributed by atoms with Crippen LogP contribution in [0.4, 0.5) is 0 Å². The molecule has 0 fully saturated rings. The van der Waals surface area contributed by atoms with Gasteiger partial charge in [0.15, 0.2) is 6.73 Å². The summed E-state index contributed by atoms with van der Waals surface area (Å²) >= 11 is 5.75. The van der Waals surface area contributed by atoms with E-state index in [4.69, 9.17) is 16.3 Å². The normalized spacial score (nSPS) is 10.6. The van der Waals surface area contributed by atoms with Crippen LogP contribution in [0.5, 0.6) is 0 Å². The molecule has 0 unspecified atom stereocenters. The molecular weight excluding hydrogens is 306 g/mol. The summed E-state index contributed by atoms with van der Waals surface area (Å²) < 4.78 is 6.06. The molecule has 0 N–H and O–H groups in total. The van der Waals surface area contributed by atoms with E-state index in [2.05, 4.69) is 10.3 Å². The van der Waals surface area contributed by atoms with Gasteiger partial charge in [-0.05, 0) is 36.4 Å². The zero-order valence-corrected chi connectivity index (χ0v) is 12.0. The molecule has 0 aliphatic carbocycles. The van der Waals surface area contributed by atoms with Crippen molar-refractivity contribution in [2.75, 3.05) is 0 Å². The van der Waals surface area contributed by atoms with Gasteiger partial charge < -0.3 is 4.74 Å². The smallest absolute Gasteiger partial charge is 0.339 e. The topological polar surface area (TPSA) is 74.1 Å². The predicted octanol–water partition coefficient (Wildman–Crippen LogP) is 2.26. The van der Waals surface area contributed by atoms with Crippen molar-refractivity contribution in [3.8, 4) is 0 Å². The van der Waals surface area contributed by atoms with Gasteiger partial charge in [0.25, 0.3) is 5.56 Å². The number of fused-ring (bicyclic) bond motifs is 1. The predicted molar refractivity (Wildman–Crippen MR) is 80.7 cm³/mol. The van der Waals surface area contributed by atoms with E-state index in [1.54, 1.807) is 48.5 Å². The lowest BCUT2D eigenvalue weighted by Gasteiger charge is -2.06. The Hall–Kier alpha value is -2.73. The van der Waals surface area contributed by atoms with Gasteiger partial charge in [-0.25, -0.2) is 4.79 Å². The van der Waals surface area contributed by atoms with Crippen molar-refractivity contribution < 1.29 is 9.53 Å². The number of nitrogens with zero attached hydrogens (tertiary/aromatic N) is 3. The first-order valence-electron chi connectivity index (χ1n) is 6.40. The summed E-state index contributed by atoms with van der Waals surface area (Å²) in [7, 11) is 0. The van der Waals surface area contributed by atoms with Crippen LogP contribution in [0.25, 0.3) is 10.9 Å². The summed E-state index contributed by atoms with van der Waals surface area (Å²) in [5.41, 5.74) is 0.466. The summed E-state index contributed by atoms with van der Waals surface area (Å²) in [6.07, 6.45) is 0. The zero-order chi connectivity index (χ0) is 15.5. The van der Waals surface area contributed by atoms with Crippen LogP contribution in [-0.4, -0.2) is 21.0 Å². The van der Waals surface area contributed by atoms with Crippen LogP contribution in [-0.2, 0) is 11.5 Å². The Morgan fingerprint density at radius 2 is 1.86 bits per heavy atom. The molecule has 3 rings (SSSR count). The molecule has 0 spiro atoms. The highest BCUT2D eigenvalue weighted by atomic mass is 35.5. The third-order valence-electron chi connectivity index (χ3n) is 3.03. The fraction of sp³-hybridized carbons (Fsp3) is 0.0667. The minimum atomic E-state index is -0.571. The van der Waals surface area contributed by atoms with Gasteiger partial charge >= 0.3 is 5.97 Å². The number of ether oxygens (including phenoxy) is 1. The summed E-state index contributed by atoms with van der Waals surface area (Å²) in [6, 6.07) is 13.1. The second-order valence-corrected chi connectivity index (χ2v) is 4.92. The Kier molecular flexibility index (Phi) is 3.84. The molecule has 7 heteroatoms. The molecule has 0 saturated carbocycles. The second-order valence-electron chi connectivity index (χ2n) is 4.48. The molecule has 0 aliphatic heterocycles. The highest BCUT2D eigenvalue weighted by molar-refractivity contribution is 6.30. The largest absolute Gasteiger partial charge is 0.439 e. The van der Waals surface area contributed by atoms with E-state index in [-0.39, 0.29) is 12.3 Å². The summed E-state index contributed by atoms with van der Waals surface area (Å²) in [5.74, 6) is -0.571. The number of hydrogen-bond acceptors (Lipinski definition) is 5. The lowest BCUT2D eigenvalue weighted by molar-refractivity contribution is 0.0336. The number of benzene rings is 2. The minimum Gasteiger partial charge on any atom is -0.439 e. The number of halogens is 1. The molecule has 0 bridgehead atoms. The van der Waals surface area contributed by atoms with Crippen molar-refractivity contribution in [2.24, 2.45) is 0 Å². The van der Waals surface area contributed by atoms with E-state index in [0.717, 1.165) is 4.68 Å². The van der Waals surface area contributed by atoms with Crippen molar-refractivity contribution in [3.05, 3.63) is 69.5 Å². The first-order valence-corrected chi connectivity index (χ1v) is 6.78. The van der Waals surface area contributed by atoms with Gasteiger partial charge in [0.1, 0.15) is 5.52 Å². The van der Waals surface area contributed by atoms with Crippen LogP contribution < -0.4 is 5.56 Å². The Labute approximate surface area is 129 Å². The maximum Gasteiger partial charge on any atom is 0.339 e. The van der Waals surface area contributed by atoms with Crippen LogP contribution in [0.1, 0.15) is 10.4 Å². The third-order valence-corrected chi connectivity index (χ3v) is 3.28. The lowest BCUT2D eigenvalue weighted by atomic mass is 10.2. The summed E-state index contributed by atoms with van der Waals surface area (Å²) in [6.45, 7) is -0.307. The maximum atomic E-state index is 12.2. The fourth-order valence-electron chi connectivity index (χ4n) is 1.90.